The second kappa shape index (κ2) is 4.34. The van der Waals surface area contributed by atoms with E-state index in [4.69, 9.17) is 9.84 Å². The number of rotatable bonds is 2. The molecule has 2 heterocycles. The van der Waals surface area contributed by atoms with Gasteiger partial charge in [0.2, 0.25) is 0 Å². The van der Waals surface area contributed by atoms with Crippen LogP contribution in [0.2, 0.25) is 0 Å². The quantitative estimate of drug-likeness (QED) is 0.568. The first-order chi connectivity index (χ1) is 7.17. The van der Waals surface area contributed by atoms with E-state index in [1.54, 1.807) is 0 Å². The summed E-state index contributed by atoms with van der Waals surface area (Å²) in [5.41, 5.74) is -0.508. The van der Waals surface area contributed by atoms with Crippen LogP contribution in [0.4, 0.5) is 4.39 Å². The first-order valence-corrected chi connectivity index (χ1v) is 5.47. The Kier molecular flexibility index (Phi) is 3.27. The number of fused-ring (bicyclic) bond motifs is 1. The van der Waals surface area contributed by atoms with Gasteiger partial charge in [-0.25, -0.2) is 4.39 Å². The van der Waals surface area contributed by atoms with Gasteiger partial charge >= 0.3 is 0 Å². The van der Waals surface area contributed by atoms with Crippen LogP contribution in [0.3, 0.4) is 0 Å². The van der Waals surface area contributed by atoms with Crippen LogP contribution < -0.4 is 0 Å². The van der Waals surface area contributed by atoms with Crippen LogP contribution in [-0.4, -0.2) is 63.4 Å². The Morgan fingerprint density at radius 1 is 1.40 bits per heavy atom. The van der Waals surface area contributed by atoms with Crippen molar-refractivity contribution >= 4 is 16.8 Å². The summed E-state index contributed by atoms with van der Waals surface area (Å²) in [6, 6.07) is -0.640. The van der Waals surface area contributed by atoms with E-state index in [9.17, 15) is 14.6 Å². The van der Waals surface area contributed by atoms with Crippen LogP contribution in [0.1, 0.15) is 0 Å². The molecule has 2 unspecified atom stereocenters. The summed E-state index contributed by atoms with van der Waals surface area (Å²) in [5.74, 6) is 0. The van der Waals surface area contributed by atoms with Crippen molar-refractivity contribution in [2.24, 2.45) is 4.99 Å². The lowest BCUT2D eigenvalue weighted by molar-refractivity contribution is -0.164. The van der Waals surface area contributed by atoms with Gasteiger partial charge in [0.05, 0.1) is 6.61 Å². The number of aliphatic imine (C=N–C) groups is 1. The average Bonchev–Trinajstić information content (AvgIpc) is 2.66. The highest BCUT2D eigenvalue weighted by Gasteiger charge is 2.47. The summed E-state index contributed by atoms with van der Waals surface area (Å²) in [6.07, 6.45) is -3.13. The Labute approximate surface area is 90.0 Å². The normalized spacial score (nSPS) is 45.1. The summed E-state index contributed by atoms with van der Waals surface area (Å²) < 4.78 is 17.6. The first-order valence-electron chi connectivity index (χ1n) is 4.59. The molecule has 3 N–H and O–H groups in total. The third-order valence-corrected chi connectivity index (χ3v) is 3.62. The van der Waals surface area contributed by atoms with E-state index < -0.39 is 36.5 Å². The molecule has 1 saturated heterocycles. The molecule has 15 heavy (non-hydrogen) atoms. The van der Waals surface area contributed by atoms with Gasteiger partial charge < -0.3 is 20.1 Å². The number of hydrogen-bond acceptors (Lipinski definition) is 6. The highest BCUT2D eigenvalue weighted by atomic mass is 32.2. The van der Waals surface area contributed by atoms with Crippen molar-refractivity contribution in [3.05, 3.63) is 0 Å². The molecule has 0 spiro atoms. The molecule has 7 heteroatoms. The summed E-state index contributed by atoms with van der Waals surface area (Å²) in [4.78, 5) is 3.92. The monoisotopic (exact) mass is 237 g/mol. The number of alkyl halides is 1. The SMILES string of the molecule is OC[C@H]1OC2SC(CF)=NC2[C@@H](O)[C@@H]1O. The molecule has 0 radical (unpaired) electrons. The zero-order valence-electron chi connectivity index (χ0n) is 7.78. The van der Waals surface area contributed by atoms with Crippen LogP contribution in [0.25, 0.3) is 0 Å². The molecule has 0 aromatic rings. The van der Waals surface area contributed by atoms with Crippen molar-refractivity contribution in [1.82, 2.24) is 0 Å². The molecule has 0 bridgehead atoms. The minimum atomic E-state index is -1.18. The van der Waals surface area contributed by atoms with Gasteiger partial charge in [-0.1, -0.05) is 11.8 Å². The van der Waals surface area contributed by atoms with E-state index in [1.807, 2.05) is 0 Å². The van der Waals surface area contributed by atoms with Crippen LogP contribution in [-0.2, 0) is 4.74 Å². The van der Waals surface area contributed by atoms with E-state index in [-0.39, 0.29) is 11.7 Å². The smallest absolute Gasteiger partial charge is 0.137 e. The first kappa shape index (κ1) is 11.3. The Balaban J connectivity index is 2.12. The predicted molar refractivity (Wildman–Crippen MR) is 52.5 cm³/mol. The second-order valence-corrected chi connectivity index (χ2v) is 4.64. The minimum absolute atomic E-state index is 0.259. The predicted octanol–water partition coefficient (Wildman–Crippen LogP) is -1.09. The fourth-order valence-corrected chi connectivity index (χ4v) is 2.77. The van der Waals surface area contributed by atoms with Gasteiger partial charge in [-0.3, -0.25) is 4.99 Å². The molecule has 2 rings (SSSR count). The van der Waals surface area contributed by atoms with Crippen LogP contribution in [0, 0.1) is 0 Å². The third-order valence-electron chi connectivity index (χ3n) is 2.51. The third kappa shape index (κ3) is 1.90. The van der Waals surface area contributed by atoms with E-state index in [2.05, 4.69) is 4.99 Å². The van der Waals surface area contributed by atoms with Crippen LogP contribution in [0.5, 0.6) is 0 Å². The van der Waals surface area contributed by atoms with Crippen molar-refractivity contribution in [3.63, 3.8) is 0 Å². The lowest BCUT2D eigenvalue weighted by Crippen LogP contribution is -2.55. The lowest BCUT2D eigenvalue weighted by atomic mass is 9.99. The van der Waals surface area contributed by atoms with Gasteiger partial charge in [0.15, 0.2) is 0 Å². The zero-order valence-corrected chi connectivity index (χ0v) is 8.60. The number of halogens is 1. The summed E-state index contributed by atoms with van der Waals surface area (Å²) in [7, 11) is 0. The summed E-state index contributed by atoms with van der Waals surface area (Å²) in [6.45, 7) is -1.08. The van der Waals surface area contributed by atoms with Gasteiger partial charge in [0.25, 0.3) is 0 Å². The van der Waals surface area contributed by atoms with E-state index in [1.165, 1.54) is 0 Å². The molecule has 0 aliphatic carbocycles. The van der Waals surface area contributed by atoms with E-state index in [0.29, 0.717) is 0 Å². The molecule has 2 aliphatic rings. The van der Waals surface area contributed by atoms with Gasteiger partial charge in [0, 0.05) is 0 Å². The summed E-state index contributed by atoms with van der Waals surface area (Å²) in [5, 5.41) is 28.4. The fraction of sp³-hybridized carbons (Fsp3) is 0.875. The highest BCUT2D eigenvalue weighted by Crippen LogP contribution is 2.36. The largest absolute Gasteiger partial charge is 0.394 e. The second-order valence-electron chi connectivity index (χ2n) is 3.47. The lowest BCUT2D eigenvalue weighted by Gasteiger charge is -2.37. The molecular weight excluding hydrogens is 225 g/mol. The molecular formula is C8H12FNO4S. The minimum Gasteiger partial charge on any atom is -0.394 e. The molecule has 0 amide bonds. The molecule has 0 aromatic carbocycles. The maximum absolute atomic E-state index is 12.3. The van der Waals surface area contributed by atoms with Gasteiger partial charge in [-0.15, -0.1) is 0 Å². The Bertz CT molecular complexity index is 277. The Morgan fingerprint density at radius 3 is 2.73 bits per heavy atom. The van der Waals surface area contributed by atoms with Crippen LogP contribution in [0.15, 0.2) is 4.99 Å². The van der Waals surface area contributed by atoms with Crippen molar-refractivity contribution in [2.45, 2.75) is 29.8 Å². The molecule has 0 aromatic heterocycles. The van der Waals surface area contributed by atoms with Gasteiger partial charge in [-0.2, -0.15) is 0 Å². The topological polar surface area (TPSA) is 82.3 Å². The van der Waals surface area contributed by atoms with E-state index in [0.717, 1.165) is 11.8 Å². The number of nitrogens with zero attached hydrogens (tertiary/aromatic N) is 1. The number of hydrogen-bond donors (Lipinski definition) is 3. The molecule has 5 atom stereocenters. The average molecular weight is 237 g/mol. The maximum atomic E-state index is 12.3. The highest BCUT2D eigenvalue weighted by molar-refractivity contribution is 8.14. The zero-order chi connectivity index (χ0) is 11.0. The molecule has 1 fully saturated rings. The van der Waals surface area contributed by atoms with Crippen molar-refractivity contribution < 1.29 is 24.4 Å². The molecule has 86 valence electrons. The van der Waals surface area contributed by atoms with Crippen molar-refractivity contribution in [2.75, 3.05) is 13.3 Å². The number of thioether (sulfide) groups is 1. The fourth-order valence-electron chi connectivity index (χ4n) is 1.70. The number of aliphatic hydroxyl groups is 3. The maximum Gasteiger partial charge on any atom is 0.137 e. The van der Waals surface area contributed by atoms with Crippen molar-refractivity contribution in [1.29, 1.82) is 0 Å². The standard InChI is InChI=1S/C8H12FNO4S/c9-1-4-10-5-7(13)6(12)3(2-11)14-8(5)15-4/h3,5-8,11-13H,1-2H2/t3-,5?,6-,7-,8?/m1/s1. The van der Waals surface area contributed by atoms with E-state index >= 15 is 0 Å². The van der Waals surface area contributed by atoms with Crippen molar-refractivity contribution in [3.8, 4) is 0 Å². The molecule has 0 saturated carbocycles. The number of aliphatic hydroxyl groups excluding tert-OH is 3. The van der Waals surface area contributed by atoms with Gasteiger partial charge in [-0.05, 0) is 0 Å². The molecule has 2 aliphatic heterocycles. The van der Waals surface area contributed by atoms with Gasteiger partial charge in [0.1, 0.15) is 41.5 Å². The summed E-state index contributed by atoms with van der Waals surface area (Å²) >= 11 is 1.09. The number of ether oxygens (including phenoxy) is 1. The molecule has 5 nitrogen and oxygen atoms in total. The Morgan fingerprint density at radius 2 is 2.13 bits per heavy atom. The Hall–Kier alpha value is -0.210. The van der Waals surface area contributed by atoms with Crippen LogP contribution >= 0.6 is 11.8 Å².